The van der Waals surface area contributed by atoms with Gasteiger partial charge < -0.3 is 0 Å². The lowest BCUT2D eigenvalue weighted by atomic mass is 9.96. The Kier molecular flexibility index (Phi) is 3.24. The van der Waals surface area contributed by atoms with Gasteiger partial charge in [-0.3, -0.25) is 4.98 Å². The molecule has 0 bridgehead atoms. The van der Waals surface area contributed by atoms with Crippen molar-refractivity contribution < 1.29 is 0 Å². The van der Waals surface area contributed by atoms with Gasteiger partial charge >= 0.3 is 0 Å². The maximum absolute atomic E-state index is 4.75. The Balaban J connectivity index is 1.63. The molecule has 0 spiro atoms. The Morgan fingerprint density at radius 3 is 1.86 bits per heavy atom. The molecule has 1 nitrogen and oxygen atoms in total. The Bertz CT molecular complexity index is 1510. The summed E-state index contributed by atoms with van der Waals surface area (Å²) < 4.78 is 0. The van der Waals surface area contributed by atoms with Crippen molar-refractivity contribution in [1.29, 1.82) is 0 Å². The highest BCUT2D eigenvalue weighted by atomic mass is 14.7. The van der Waals surface area contributed by atoms with Gasteiger partial charge in [0.1, 0.15) is 0 Å². The van der Waals surface area contributed by atoms with Gasteiger partial charge in [0.25, 0.3) is 0 Å². The molecule has 0 saturated heterocycles. The molecule has 1 aromatic heterocycles. The van der Waals surface area contributed by atoms with E-state index in [0.717, 1.165) is 11.3 Å². The quantitative estimate of drug-likeness (QED) is 0.281. The highest BCUT2D eigenvalue weighted by molar-refractivity contribution is 6.12. The standard InChI is InChI=1S/C27H17N/c1-3-7-22-18(5-1)9-10-20-17-21(12-13-24(20)22)27-26-14-11-19-6-2-4-8-23(19)25(26)15-16-28-27/h1-17H. The van der Waals surface area contributed by atoms with E-state index in [9.17, 15) is 0 Å². The zero-order chi connectivity index (χ0) is 18.5. The number of aromatic nitrogens is 1. The molecule has 6 aromatic rings. The second-order valence-corrected chi connectivity index (χ2v) is 7.26. The van der Waals surface area contributed by atoms with Crippen LogP contribution < -0.4 is 0 Å². The number of fused-ring (bicyclic) bond motifs is 6. The van der Waals surface area contributed by atoms with Gasteiger partial charge in [0.2, 0.25) is 0 Å². The molecule has 0 aliphatic rings. The van der Waals surface area contributed by atoms with Crippen molar-refractivity contribution in [3.8, 4) is 11.3 Å². The van der Waals surface area contributed by atoms with Crippen molar-refractivity contribution in [2.24, 2.45) is 0 Å². The predicted molar refractivity (Wildman–Crippen MR) is 120 cm³/mol. The van der Waals surface area contributed by atoms with Crippen LogP contribution in [0.3, 0.4) is 0 Å². The third-order valence-corrected chi connectivity index (χ3v) is 5.69. The molecule has 130 valence electrons. The molecule has 28 heavy (non-hydrogen) atoms. The number of rotatable bonds is 1. The highest BCUT2D eigenvalue weighted by Crippen LogP contribution is 2.34. The van der Waals surface area contributed by atoms with Gasteiger partial charge in [0.15, 0.2) is 0 Å². The van der Waals surface area contributed by atoms with Crippen molar-refractivity contribution in [3.63, 3.8) is 0 Å². The van der Waals surface area contributed by atoms with Crippen LogP contribution in [0, 0.1) is 0 Å². The van der Waals surface area contributed by atoms with Crippen molar-refractivity contribution in [2.75, 3.05) is 0 Å². The summed E-state index contributed by atoms with van der Waals surface area (Å²) in [5.41, 5.74) is 2.20. The Hall–Kier alpha value is -3.71. The lowest BCUT2D eigenvalue weighted by Crippen LogP contribution is -1.88. The lowest BCUT2D eigenvalue weighted by molar-refractivity contribution is 1.36. The predicted octanol–water partition coefficient (Wildman–Crippen LogP) is 7.36. The summed E-state index contributed by atoms with van der Waals surface area (Å²) in [6.45, 7) is 0. The number of pyridine rings is 1. The average molecular weight is 355 g/mol. The van der Waals surface area contributed by atoms with E-state index < -0.39 is 0 Å². The van der Waals surface area contributed by atoms with E-state index in [1.807, 2.05) is 6.20 Å². The van der Waals surface area contributed by atoms with Crippen LogP contribution in [0.1, 0.15) is 0 Å². The molecule has 0 radical (unpaired) electrons. The minimum absolute atomic E-state index is 1.04. The number of hydrogen-bond acceptors (Lipinski definition) is 1. The minimum atomic E-state index is 1.04. The van der Waals surface area contributed by atoms with E-state index in [2.05, 4.69) is 97.1 Å². The average Bonchev–Trinajstić information content (AvgIpc) is 2.78. The topological polar surface area (TPSA) is 12.9 Å². The summed E-state index contributed by atoms with van der Waals surface area (Å²) in [6.07, 6.45) is 1.93. The van der Waals surface area contributed by atoms with Crippen LogP contribution in [0.15, 0.2) is 103 Å². The van der Waals surface area contributed by atoms with Crippen LogP contribution in [0.4, 0.5) is 0 Å². The van der Waals surface area contributed by atoms with Crippen molar-refractivity contribution in [3.05, 3.63) is 103 Å². The van der Waals surface area contributed by atoms with Gasteiger partial charge in [-0.15, -0.1) is 0 Å². The Morgan fingerprint density at radius 1 is 0.429 bits per heavy atom. The zero-order valence-electron chi connectivity index (χ0n) is 15.3. The van der Waals surface area contributed by atoms with Crippen LogP contribution >= 0.6 is 0 Å². The minimum Gasteiger partial charge on any atom is -0.256 e. The van der Waals surface area contributed by atoms with Crippen molar-refractivity contribution >= 4 is 43.1 Å². The van der Waals surface area contributed by atoms with Crippen molar-refractivity contribution in [1.82, 2.24) is 4.98 Å². The van der Waals surface area contributed by atoms with E-state index in [-0.39, 0.29) is 0 Å². The summed E-state index contributed by atoms with van der Waals surface area (Å²) in [7, 11) is 0. The normalized spacial score (nSPS) is 11.6. The molecular formula is C27H17N. The fourth-order valence-corrected chi connectivity index (χ4v) is 4.33. The fraction of sp³-hybridized carbons (Fsp3) is 0. The second kappa shape index (κ2) is 5.90. The van der Waals surface area contributed by atoms with Gasteiger partial charge in [-0.2, -0.15) is 0 Å². The molecule has 0 aliphatic carbocycles. The molecule has 0 unspecified atom stereocenters. The Morgan fingerprint density at radius 2 is 1.04 bits per heavy atom. The maximum Gasteiger partial charge on any atom is 0.0780 e. The molecule has 0 saturated carbocycles. The van der Waals surface area contributed by atoms with Gasteiger partial charge in [0.05, 0.1) is 5.69 Å². The second-order valence-electron chi connectivity index (χ2n) is 7.26. The van der Waals surface area contributed by atoms with Crippen LogP contribution in [-0.2, 0) is 0 Å². The molecule has 1 heterocycles. The fourth-order valence-electron chi connectivity index (χ4n) is 4.33. The lowest BCUT2D eigenvalue weighted by Gasteiger charge is -2.10. The van der Waals surface area contributed by atoms with Crippen LogP contribution in [0.5, 0.6) is 0 Å². The summed E-state index contributed by atoms with van der Waals surface area (Å²) >= 11 is 0. The number of nitrogens with zero attached hydrogens (tertiary/aromatic N) is 1. The molecule has 0 N–H and O–H groups in total. The Labute approximate surface area is 162 Å². The van der Waals surface area contributed by atoms with Crippen LogP contribution in [0.25, 0.3) is 54.3 Å². The number of hydrogen-bond donors (Lipinski definition) is 0. The molecule has 5 aromatic carbocycles. The maximum atomic E-state index is 4.75. The first-order valence-corrected chi connectivity index (χ1v) is 9.57. The summed E-state index contributed by atoms with van der Waals surface area (Å²) in [5.74, 6) is 0. The smallest absolute Gasteiger partial charge is 0.0780 e. The first-order chi connectivity index (χ1) is 13.9. The summed E-state index contributed by atoms with van der Waals surface area (Å²) in [4.78, 5) is 4.75. The van der Waals surface area contributed by atoms with E-state index in [1.54, 1.807) is 0 Å². The highest BCUT2D eigenvalue weighted by Gasteiger charge is 2.09. The van der Waals surface area contributed by atoms with Gasteiger partial charge in [-0.25, -0.2) is 0 Å². The van der Waals surface area contributed by atoms with E-state index in [0.29, 0.717) is 0 Å². The van der Waals surface area contributed by atoms with Crippen LogP contribution in [0.2, 0.25) is 0 Å². The molecular weight excluding hydrogens is 338 g/mol. The first-order valence-electron chi connectivity index (χ1n) is 9.57. The summed E-state index contributed by atoms with van der Waals surface area (Å²) in [6, 6.07) is 34.7. The molecule has 0 amide bonds. The third kappa shape index (κ3) is 2.23. The van der Waals surface area contributed by atoms with Crippen LogP contribution in [-0.4, -0.2) is 4.98 Å². The monoisotopic (exact) mass is 355 g/mol. The largest absolute Gasteiger partial charge is 0.256 e. The number of benzene rings is 5. The van der Waals surface area contributed by atoms with Gasteiger partial charge in [-0.1, -0.05) is 84.9 Å². The third-order valence-electron chi connectivity index (χ3n) is 5.69. The first kappa shape index (κ1) is 15.4. The molecule has 0 aliphatic heterocycles. The van der Waals surface area contributed by atoms with Gasteiger partial charge in [0, 0.05) is 17.1 Å². The molecule has 1 heteroatoms. The zero-order valence-corrected chi connectivity index (χ0v) is 15.3. The van der Waals surface area contributed by atoms with E-state index in [4.69, 9.17) is 4.98 Å². The van der Waals surface area contributed by atoms with E-state index >= 15 is 0 Å². The molecule has 0 atom stereocenters. The molecule has 6 rings (SSSR count). The molecule has 0 fully saturated rings. The van der Waals surface area contributed by atoms with E-state index in [1.165, 1.54) is 43.1 Å². The SMILES string of the molecule is c1ccc2c(c1)ccc1cc(-c3nccc4c3ccc3ccccc34)ccc12. The summed E-state index contributed by atoms with van der Waals surface area (Å²) in [5, 5.41) is 10.1. The van der Waals surface area contributed by atoms with Crippen molar-refractivity contribution in [2.45, 2.75) is 0 Å². The van der Waals surface area contributed by atoms with Gasteiger partial charge in [-0.05, 0) is 49.8 Å².